The van der Waals surface area contributed by atoms with E-state index in [4.69, 9.17) is 9.98 Å². The number of nitrogens with zero attached hydrogens (tertiary/aromatic N) is 3. The normalized spacial score (nSPS) is 16.1. The van der Waals surface area contributed by atoms with Gasteiger partial charge in [-0.25, -0.2) is 9.89 Å². The molecule has 5 rings (SSSR count). The lowest BCUT2D eigenvalue weighted by Crippen LogP contribution is -2.41. The van der Waals surface area contributed by atoms with Crippen molar-refractivity contribution in [3.05, 3.63) is 101 Å². The van der Waals surface area contributed by atoms with Crippen LogP contribution in [0.3, 0.4) is 0 Å². The highest BCUT2D eigenvalue weighted by atomic mass is 32.2. The van der Waals surface area contributed by atoms with Gasteiger partial charge in [-0.2, -0.15) is 0 Å². The molecule has 1 unspecified atom stereocenters. The number of hydrogen-bond acceptors (Lipinski definition) is 5. The van der Waals surface area contributed by atoms with E-state index in [0.29, 0.717) is 29.7 Å². The molecule has 188 valence electrons. The molecule has 3 aromatic carbocycles. The topological polar surface area (TPSA) is 74.1 Å². The average Bonchev–Trinajstić information content (AvgIpc) is 3.24. The Morgan fingerprint density at radius 3 is 2.62 bits per heavy atom. The average molecular weight is 511 g/mol. The second-order valence-electron chi connectivity index (χ2n) is 9.40. The monoisotopic (exact) mass is 510 g/mol. The molecule has 0 saturated heterocycles. The van der Waals surface area contributed by atoms with Gasteiger partial charge in [-0.05, 0) is 55.5 Å². The van der Waals surface area contributed by atoms with Crippen LogP contribution in [0.15, 0.2) is 82.8 Å². The number of amidine groups is 2. The third kappa shape index (κ3) is 5.67. The molecule has 3 aromatic rings. The lowest BCUT2D eigenvalue weighted by atomic mass is 10.1. The Bertz CT molecular complexity index is 1380. The summed E-state index contributed by atoms with van der Waals surface area (Å²) < 4.78 is 0. The molecule has 0 radical (unpaired) electrons. The molecular formula is C30H30N4O2S. The fourth-order valence-electron chi connectivity index (χ4n) is 4.58. The summed E-state index contributed by atoms with van der Waals surface area (Å²) in [5.74, 6) is 1.16. The van der Waals surface area contributed by atoms with Crippen molar-refractivity contribution in [3.63, 3.8) is 0 Å². The van der Waals surface area contributed by atoms with Crippen molar-refractivity contribution in [2.45, 2.75) is 44.9 Å². The Morgan fingerprint density at radius 1 is 1.03 bits per heavy atom. The molecule has 1 N–H and O–H groups in total. The predicted octanol–water partition coefficient (Wildman–Crippen LogP) is 5.33. The molecule has 6 nitrogen and oxygen atoms in total. The molecule has 2 aliphatic heterocycles. The van der Waals surface area contributed by atoms with Crippen molar-refractivity contribution in [3.8, 4) is 0 Å². The fourth-order valence-corrected chi connectivity index (χ4v) is 5.66. The molecule has 0 saturated carbocycles. The summed E-state index contributed by atoms with van der Waals surface area (Å²) in [7, 11) is 0. The molecule has 2 heterocycles. The van der Waals surface area contributed by atoms with Gasteiger partial charge < -0.3 is 5.32 Å². The van der Waals surface area contributed by atoms with Crippen molar-refractivity contribution in [1.82, 2.24) is 10.2 Å². The van der Waals surface area contributed by atoms with Crippen LogP contribution in [0, 0.1) is 13.8 Å². The number of fused-ring (bicyclic) bond motifs is 3. The number of aryl methyl sites for hydroxylation is 2. The molecule has 7 heteroatoms. The molecule has 37 heavy (non-hydrogen) atoms. The van der Waals surface area contributed by atoms with Crippen LogP contribution in [-0.2, 0) is 21.8 Å². The number of para-hydroxylation sites is 1. The minimum Gasteiger partial charge on any atom is -0.356 e. The van der Waals surface area contributed by atoms with E-state index >= 15 is 0 Å². The summed E-state index contributed by atoms with van der Waals surface area (Å²) in [6.45, 7) is 4.76. The van der Waals surface area contributed by atoms with Crippen LogP contribution in [-0.4, -0.2) is 40.3 Å². The first-order valence-corrected chi connectivity index (χ1v) is 13.6. The van der Waals surface area contributed by atoms with E-state index < -0.39 is 6.04 Å². The number of aliphatic imine (C=N–C) groups is 2. The number of hydrogen-bond donors (Lipinski definition) is 1. The molecular weight excluding hydrogens is 480 g/mol. The maximum Gasteiger partial charge on any atom is 0.259 e. The third-order valence-corrected chi connectivity index (χ3v) is 7.61. The first-order valence-electron chi connectivity index (χ1n) is 12.6. The van der Waals surface area contributed by atoms with Crippen LogP contribution >= 0.6 is 11.8 Å². The third-order valence-electron chi connectivity index (χ3n) is 6.63. The Balaban J connectivity index is 1.25. The first kappa shape index (κ1) is 25.0. The highest BCUT2D eigenvalue weighted by Crippen LogP contribution is 2.35. The number of thioether (sulfide) groups is 1. The van der Waals surface area contributed by atoms with Crippen molar-refractivity contribution >= 4 is 40.3 Å². The largest absolute Gasteiger partial charge is 0.356 e. The smallest absolute Gasteiger partial charge is 0.259 e. The highest BCUT2D eigenvalue weighted by Gasteiger charge is 2.41. The van der Waals surface area contributed by atoms with E-state index in [1.165, 1.54) is 22.3 Å². The summed E-state index contributed by atoms with van der Waals surface area (Å²) in [5, 5.41) is 3.60. The van der Waals surface area contributed by atoms with Crippen molar-refractivity contribution in [2.75, 3.05) is 6.54 Å². The number of carbonyl (C=O) groups is 2. The maximum atomic E-state index is 13.5. The number of amides is 2. The zero-order chi connectivity index (χ0) is 25.8. The van der Waals surface area contributed by atoms with E-state index in [2.05, 4.69) is 37.4 Å². The SMILES string of the molecule is Cc1ccc(CSC2=Nc3ccccc3C3=NC(CCC(=O)NCCc4ccccc4)C(=O)N23)c(C)c1. The Hall–Kier alpha value is -3.71. The molecule has 1 atom stereocenters. The summed E-state index contributed by atoms with van der Waals surface area (Å²) in [6, 6.07) is 23.6. The van der Waals surface area contributed by atoms with Crippen LogP contribution in [0.5, 0.6) is 0 Å². The van der Waals surface area contributed by atoms with Crippen molar-refractivity contribution in [1.29, 1.82) is 0 Å². The molecule has 2 amide bonds. The molecule has 0 aliphatic carbocycles. The van der Waals surface area contributed by atoms with E-state index in [1.54, 1.807) is 16.7 Å². The summed E-state index contributed by atoms with van der Waals surface area (Å²) in [5.41, 5.74) is 6.51. The molecule has 0 bridgehead atoms. The Labute approximate surface area is 221 Å². The minimum absolute atomic E-state index is 0.0627. The number of nitrogens with one attached hydrogen (secondary N) is 1. The number of rotatable bonds is 8. The molecule has 0 spiro atoms. The molecule has 0 aromatic heterocycles. The fraction of sp³-hybridized carbons (Fsp3) is 0.267. The second-order valence-corrected chi connectivity index (χ2v) is 10.3. The van der Waals surface area contributed by atoms with Gasteiger partial charge in [0.15, 0.2) is 5.17 Å². The summed E-state index contributed by atoms with van der Waals surface area (Å²) in [6.07, 6.45) is 1.39. The maximum absolute atomic E-state index is 13.5. The van der Waals surface area contributed by atoms with E-state index in [-0.39, 0.29) is 18.2 Å². The van der Waals surface area contributed by atoms with Crippen molar-refractivity contribution < 1.29 is 9.59 Å². The van der Waals surface area contributed by atoms with Gasteiger partial charge in [-0.3, -0.25) is 14.6 Å². The summed E-state index contributed by atoms with van der Waals surface area (Å²) in [4.78, 5) is 37.2. The molecule has 0 fully saturated rings. The van der Waals surface area contributed by atoms with Gasteiger partial charge in [0.1, 0.15) is 11.9 Å². The van der Waals surface area contributed by atoms with Crippen LogP contribution in [0.25, 0.3) is 0 Å². The van der Waals surface area contributed by atoms with Crippen LogP contribution in [0.1, 0.15) is 40.7 Å². The number of benzene rings is 3. The Kier molecular flexibility index (Phi) is 7.51. The van der Waals surface area contributed by atoms with Crippen LogP contribution in [0.2, 0.25) is 0 Å². The zero-order valence-corrected chi connectivity index (χ0v) is 21.9. The lowest BCUT2D eigenvalue weighted by Gasteiger charge is -2.25. The number of carbonyl (C=O) groups excluding carboxylic acids is 2. The van der Waals surface area contributed by atoms with Gasteiger partial charge in [0.25, 0.3) is 5.91 Å². The van der Waals surface area contributed by atoms with E-state index in [0.717, 1.165) is 17.7 Å². The van der Waals surface area contributed by atoms with Gasteiger partial charge in [0, 0.05) is 24.3 Å². The second kappa shape index (κ2) is 11.1. The van der Waals surface area contributed by atoms with Gasteiger partial charge in [0.05, 0.1) is 5.69 Å². The summed E-state index contributed by atoms with van der Waals surface area (Å²) >= 11 is 1.54. The van der Waals surface area contributed by atoms with Crippen LogP contribution < -0.4 is 5.32 Å². The highest BCUT2D eigenvalue weighted by molar-refractivity contribution is 8.13. The Morgan fingerprint density at radius 2 is 1.81 bits per heavy atom. The van der Waals surface area contributed by atoms with Gasteiger partial charge in [0.2, 0.25) is 5.91 Å². The minimum atomic E-state index is -0.590. The van der Waals surface area contributed by atoms with Gasteiger partial charge in [-0.15, -0.1) is 0 Å². The van der Waals surface area contributed by atoms with Gasteiger partial charge >= 0.3 is 0 Å². The zero-order valence-electron chi connectivity index (χ0n) is 21.1. The molecule has 2 aliphatic rings. The lowest BCUT2D eigenvalue weighted by molar-refractivity contribution is -0.125. The van der Waals surface area contributed by atoms with E-state index in [9.17, 15) is 9.59 Å². The predicted molar refractivity (Wildman–Crippen MR) is 150 cm³/mol. The first-order chi connectivity index (χ1) is 18.0. The van der Waals surface area contributed by atoms with Crippen LogP contribution in [0.4, 0.5) is 5.69 Å². The van der Waals surface area contributed by atoms with Gasteiger partial charge in [-0.1, -0.05) is 78.0 Å². The quantitative estimate of drug-likeness (QED) is 0.445. The van der Waals surface area contributed by atoms with Crippen molar-refractivity contribution in [2.24, 2.45) is 9.98 Å². The standard InChI is InChI=1S/C30H30N4O2S/c1-20-12-13-23(21(2)18-20)19-37-30-33-25-11-7-6-10-24(25)28-32-26(29(36)34(28)30)14-15-27(35)31-17-16-22-8-4-3-5-9-22/h3-13,18,26H,14-17,19H2,1-2H3,(H,31,35). The van der Waals surface area contributed by atoms with E-state index in [1.807, 2.05) is 54.6 Å².